The summed E-state index contributed by atoms with van der Waals surface area (Å²) in [6.07, 6.45) is 1.50. The van der Waals surface area contributed by atoms with Gasteiger partial charge in [0, 0.05) is 19.0 Å². The van der Waals surface area contributed by atoms with Gasteiger partial charge >= 0.3 is 12.1 Å². The Labute approximate surface area is 192 Å². The summed E-state index contributed by atoms with van der Waals surface area (Å²) in [6.45, 7) is 2.91. The highest BCUT2D eigenvalue weighted by Crippen LogP contribution is 2.59. The first-order valence-electron chi connectivity index (χ1n) is 11.5. The van der Waals surface area contributed by atoms with E-state index in [4.69, 9.17) is 4.74 Å². The highest BCUT2D eigenvalue weighted by atomic mass is 16.5. The van der Waals surface area contributed by atoms with Crippen molar-refractivity contribution < 1.29 is 24.2 Å². The summed E-state index contributed by atoms with van der Waals surface area (Å²) in [7, 11) is 0. The summed E-state index contributed by atoms with van der Waals surface area (Å²) < 4.78 is 5.55. The normalized spacial score (nSPS) is 21.1. The van der Waals surface area contributed by atoms with Crippen molar-refractivity contribution in [3.63, 3.8) is 0 Å². The number of carbonyl (C=O) groups is 3. The van der Waals surface area contributed by atoms with Gasteiger partial charge in [-0.1, -0.05) is 48.5 Å². The summed E-state index contributed by atoms with van der Waals surface area (Å²) in [4.78, 5) is 38.2. The fourth-order valence-corrected chi connectivity index (χ4v) is 5.57. The van der Waals surface area contributed by atoms with Crippen LogP contribution in [0.4, 0.5) is 4.79 Å². The van der Waals surface area contributed by atoms with E-state index in [9.17, 15) is 19.5 Å². The lowest BCUT2D eigenvalue weighted by atomic mass is 9.90. The van der Waals surface area contributed by atoms with E-state index >= 15 is 0 Å². The quantitative estimate of drug-likeness (QED) is 0.728. The second kappa shape index (κ2) is 8.21. The van der Waals surface area contributed by atoms with E-state index in [1.54, 1.807) is 11.8 Å². The van der Waals surface area contributed by atoms with Gasteiger partial charge < -0.3 is 20.1 Å². The molecule has 0 bridgehead atoms. The predicted octanol–water partition coefficient (Wildman–Crippen LogP) is 3.63. The molecule has 1 saturated heterocycles. The van der Waals surface area contributed by atoms with Gasteiger partial charge in [0.05, 0.1) is 5.92 Å². The van der Waals surface area contributed by atoms with Gasteiger partial charge in [-0.3, -0.25) is 9.59 Å². The maximum absolute atomic E-state index is 12.8. The number of amides is 2. The Hall–Kier alpha value is -3.35. The molecule has 0 aromatic heterocycles. The number of fused-ring (bicyclic) bond motifs is 3. The highest BCUT2D eigenvalue weighted by Gasteiger charge is 2.59. The number of rotatable bonds is 5. The number of alkyl carbamates (subject to hydrolysis) is 1. The van der Waals surface area contributed by atoms with E-state index in [1.807, 2.05) is 24.3 Å². The average Bonchev–Trinajstić information content (AvgIpc) is 3.43. The van der Waals surface area contributed by atoms with E-state index in [-0.39, 0.29) is 29.8 Å². The molecule has 172 valence electrons. The number of benzene rings is 2. The zero-order valence-corrected chi connectivity index (χ0v) is 18.6. The lowest BCUT2D eigenvalue weighted by molar-refractivity contribution is -0.140. The minimum atomic E-state index is -0.736. The summed E-state index contributed by atoms with van der Waals surface area (Å²) >= 11 is 0. The van der Waals surface area contributed by atoms with Gasteiger partial charge in [-0.05, 0) is 53.9 Å². The number of nitrogens with zero attached hydrogens (tertiary/aromatic N) is 1. The fourth-order valence-electron chi connectivity index (χ4n) is 5.57. The first kappa shape index (κ1) is 21.5. The molecule has 1 aliphatic heterocycles. The standard InChI is InChI=1S/C26H28N2O5/c1-16(23(29)28-12-10-26(11-13-28)14-22(26)24(30)31)27-25(32)33-15-21-19-8-4-2-6-17(19)18-7-3-5-9-20(18)21/h2-9,16,21-22H,10-15H2,1H3,(H,27,32)(H,30,31)/t16-,22?/m1/s1. The number of ether oxygens (including phenoxy) is 1. The number of nitrogens with one attached hydrogen (secondary N) is 1. The first-order valence-corrected chi connectivity index (χ1v) is 11.5. The number of aliphatic carboxylic acids is 1. The second-order valence-corrected chi connectivity index (χ2v) is 9.47. The maximum Gasteiger partial charge on any atom is 0.407 e. The van der Waals surface area contributed by atoms with E-state index in [2.05, 4.69) is 29.6 Å². The summed E-state index contributed by atoms with van der Waals surface area (Å²) in [6, 6.07) is 15.6. The molecule has 3 aliphatic rings. The maximum atomic E-state index is 12.8. The van der Waals surface area contributed by atoms with Crippen LogP contribution in [0.2, 0.25) is 0 Å². The van der Waals surface area contributed by atoms with Crippen molar-refractivity contribution in [3.8, 4) is 11.1 Å². The van der Waals surface area contributed by atoms with Crippen molar-refractivity contribution in [1.82, 2.24) is 10.2 Å². The van der Waals surface area contributed by atoms with Crippen molar-refractivity contribution in [1.29, 1.82) is 0 Å². The lowest BCUT2D eigenvalue weighted by Gasteiger charge is -2.34. The Balaban J connectivity index is 1.14. The molecule has 5 rings (SSSR count). The molecular formula is C26H28N2O5. The zero-order chi connectivity index (χ0) is 23.2. The van der Waals surface area contributed by atoms with Crippen LogP contribution < -0.4 is 5.32 Å². The Morgan fingerprint density at radius 1 is 1.06 bits per heavy atom. The van der Waals surface area contributed by atoms with E-state index < -0.39 is 18.1 Å². The molecule has 2 fully saturated rings. The number of carboxylic acid groups (broad SMARTS) is 1. The Kier molecular flexibility index (Phi) is 5.35. The third kappa shape index (κ3) is 3.86. The molecule has 1 saturated carbocycles. The van der Waals surface area contributed by atoms with Gasteiger partial charge in [0.15, 0.2) is 0 Å². The van der Waals surface area contributed by atoms with E-state index in [0.29, 0.717) is 32.4 Å². The molecule has 7 heteroatoms. The Morgan fingerprint density at radius 3 is 2.18 bits per heavy atom. The number of carbonyl (C=O) groups excluding carboxylic acids is 2. The molecule has 2 aromatic rings. The van der Waals surface area contributed by atoms with E-state index in [0.717, 1.165) is 22.3 Å². The Morgan fingerprint density at radius 2 is 1.64 bits per heavy atom. The van der Waals surface area contributed by atoms with Crippen LogP contribution in [-0.4, -0.2) is 53.7 Å². The van der Waals surface area contributed by atoms with E-state index in [1.165, 1.54) is 0 Å². The van der Waals surface area contributed by atoms with Crippen LogP contribution in [0.3, 0.4) is 0 Å². The molecule has 1 heterocycles. The Bertz CT molecular complexity index is 1060. The molecule has 2 aliphatic carbocycles. The van der Waals surface area contributed by atoms with Gasteiger partial charge in [0.1, 0.15) is 12.6 Å². The monoisotopic (exact) mass is 448 g/mol. The molecule has 2 amide bonds. The molecule has 2 aromatic carbocycles. The molecule has 2 atom stereocenters. The summed E-state index contributed by atoms with van der Waals surface area (Å²) in [5.74, 6) is -1.20. The SMILES string of the molecule is C[C@@H](NC(=O)OCC1c2ccccc2-c2ccccc21)C(=O)N1CCC2(CC1)CC2C(=O)O. The predicted molar refractivity (Wildman–Crippen MR) is 122 cm³/mol. The van der Waals surface area contributed by atoms with Crippen LogP contribution in [0.1, 0.15) is 43.2 Å². The van der Waals surface area contributed by atoms with Crippen molar-refractivity contribution in [2.24, 2.45) is 11.3 Å². The molecule has 2 N–H and O–H groups in total. The largest absolute Gasteiger partial charge is 0.481 e. The third-order valence-corrected chi connectivity index (χ3v) is 7.61. The summed E-state index contributed by atoms with van der Waals surface area (Å²) in [5.41, 5.74) is 4.46. The van der Waals surface area contributed by atoms with Crippen LogP contribution in [0.5, 0.6) is 0 Å². The minimum Gasteiger partial charge on any atom is -0.481 e. The van der Waals surface area contributed by atoms with Crippen LogP contribution >= 0.6 is 0 Å². The molecule has 1 spiro atoms. The fraction of sp³-hybridized carbons (Fsp3) is 0.423. The van der Waals surface area contributed by atoms with Crippen LogP contribution in [0.25, 0.3) is 11.1 Å². The average molecular weight is 449 g/mol. The van der Waals surface area contributed by atoms with Crippen LogP contribution in [0.15, 0.2) is 48.5 Å². The molecular weight excluding hydrogens is 420 g/mol. The van der Waals surface area contributed by atoms with Crippen molar-refractivity contribution in [2.45, 2.75) is 38.1 Å². The summed E-state index contributed by atoms with van der Waals surface area (Å²) in [5, 5.41) is 11.9. The lowest BCUT2D eigenvalue weighted by Crippen LogP contribution is -2.50. The molecule has 33 heavy (non-hydrogen) atoms. The first-order chi connectivity index (χ1) is 15.9. The number of likely N-dealkylation sites (tertiary alicyclic amines) is 1. The van der Waals surface area contributed by atoms with Crippen molar-refractivity contribution in [2.75, 3.05) is 19.7 Å². The van der Waals surface area contributed by atoms with Crippen molar-refractivity contribution >= 4 is 18.0 Å². The van der Waals surface area contributed by atoms with Gasteiger partial charge in [-0.2, -0.15) is 0 Å². The van der Waals surface area contributed by atoms with Crippen molar-refractivity contribution in [3.05, 3.63) is 59.7 Å². The van der Waals surface area contributed by atoms with Gasteiger partial charge in [0.25, 0.3) is 0 Å². The number of hydrogen-bond acceptors (Lipinski definition) is 4. The van der Waals surface area contributed by atoms with Gasteiger partial charge in [-0.15, -0.1) is 0 Å². The van der Waals surface area contributed by atoms with Crippen LogP contribution in [-0.2, 0) is 14.3 Å². The molecule has 1 unspecified atom stereocenters. The number of hydrogen-bond donors (Lipinski definition) is 2. The smallest absolute Gasteiger partial charge is 0.407 e. The highest BCUT2D eigenvalue weighted by molar-refractivity contribution is 5.85. The molecule has 0 radical (unpaired) electrons. The van der Waals surface area contributed by atoms with Gasteiger partial charge in [0.2, 0.25) is 5.91 Å². The number of piperidine rings is 1. The zero-order valence-electron chi connectivity index (χ0n) is 18.6. The third-order valence-electron chi connectivity index (χ3n) is 7.61. The minimum absolute atomic E-state index is 0.0341. The van der Waals surface area contributed by atoms with Gasteiger partial charge in [-0.25, -0.2) is 4.79 Å². The second-order valence-electron chi connectivity index (χ2n) is 9.47. The number of carboxylic acids is 1. The molecule has 7 nitrogen and oxygen atoms in total. The van der Waals surface area contributed by atoms with Crippen LogP contribution in [0, 0.1) is 11.3 Å². The topological polar surface area (TPSA) is 95.9 Å².